The minimum Gasteiger partial charge on any atom is -0.457 e. The van der Waals surface area contributed by atoms with E-state index in [9.17, 15) is 8.42 Å². The zero-order chi connectivity index (χ0) is 18.2. The molecule has 0 aliphatic rings. The molecule has 0 bridgehead atoms. The second-order valence-corrected chi connectivity index (χ2v) is 8.39. The van der Waals surface area contributed by atoms with Crippen molar-refractivity contribution >= 4 is 9.84 Å². The van der Waals surface area contributed by atoms with Crippen molar-refractivity contribution in [2.45, 2.75) is 18.6 Å². The number of hydrogen-bond donors (Lipinski definition) is 0. The number of para-hydroxylation sites is 2. The van der Waals surface area contributed by atoms with Crippen molar-refractivity contribution < 1.29 is 13.2 Å². The second kappa shape index (κ2) is 8.68. The standard InChI is InChI=1S/C22H22O3S/c23-26(24,17-9-12-19-10-3-1-4-11-19)18-20-13-7-8-16-22(20)25-21-14-5-2-6-15-21/h1-8,10-11,13-16H,9,12,17-18H2. The summed E-state index contributed by atoms with van der Waals surface area (Å²) in [7, 11) is -3.20. The van der Waals surface area contributed by atoms with Gasteiger partial charge in [-0.2, -0.15) is 0 Å². The molecule has 0 radical (unpaired) electrons. The summed E-state index contributed by atoms with van der Waals surface area (Å²) in [5.74, 6) is 1.44. The van der Waals surface area contributed by atoms with E-state index in [2.05, 4.69) is 0 Å². The molecule has 3 aromatic carbocycles. The van der Waals surface area contributed by atoms with E-state index in [1.54, 1.807) is 0 Å². The molecule has 0 aliphatic carbocycles. The van der Waals surface area contributed by atoms with Gasteiger partial charge in [0.2, 0.25) is 0 Å². The Morgan fingerprint density at radius 2 is 1.35 bits per heavy atom. The van der Waals surface area contributed by atoms with Crippen LogP contribution < -0.4 is 4.74 Å². The monoisotopic (exact) mass is 366 g/mol. The van der Waals surface area contributed by atoms with Crippen LogP contribution in [0, 0.1) is 0 Å². The van der Waals surface area contributed by atoms with E-state index in [0.717, 1.165) is 12.0 Å². The normalized spacial score (nSPS) is 11.2. The number of hydrogen-bond acceptors (Lipinski definition) is 3. The van der Waals surface area contributed by atoms with Crippen LogP contribution in [0.2, 0.25) is 0 Å². The Morgan fingerprint density at radius 3 is 2.08 bits per heavy atom. The minimum atomic E-state index is -3.20. The Morgan fingerprint density at radius 1 is 0.731 bits per heavy atom. The third-order valence-corrected chi connectivity index (χ3v) is 5.74. The van der Waals surface area contributed by atoms with Crippen molar-refractivity contribution in [3.8, 4) is 11.5 Å². The van der Waals surface area contributed by atoms with Gasteiger partial charge in [-0.25, -0.2) is 8.42 Å². The molecule has 0 fully saturated rings. The lowest BCUT2D eigenvalue weighted by Crippen LogP contribution is -2.11. The fraction of sp³-hybridized carbons (Fsp3) is 0.182. The van der Waals surface area contributed by atoms with Gasteiger partial charge in [-0.15, -0.1) is 0 Å². The van der Waals surface area contributed by atoms with Crippen LogP contribution in [0.15, 0.2) is 84.9 Å². The zero-order valence-electron chi connectivity index (χ0n) is 14.5. The van der Waals surface area contributed by atoms with E-state index in [4.69, 9.17) is 4.74 Å². The highest BCUT2D eigenvalue weighted by molar-refractivity contribution is 7.90. The molecule has 3 nitrogen and oxygen atoms in total. The molecule has 0 spiro atoms. The van der Waals surface area contributed by atoms with Crippen LogP contribution in [0.25, 0.3) is 0 Å². The molecule has 0 N–H and O–H groups in total. The predicted octanol–water partition coefficient (Wildman–Crippen LogP) is 5.03. The fourth-order valence-electron chi connectivity index (χ4n) is 2.79. The Kier molecular flexibility index (Phi) is 6.08. The third kappa shape index (κ3) is 5.46. The van der Waals surface area contributed by atoms with Crippen molar-refractivity contribution in [3.05, 3.63) is 96.1 Å². The smallest absolute Gasteiger partial charge is 0.154 e. The van der Waals surface area contributed by atoms with Gasteiger partial charge in [-0.05, 0) is 36.6 Å². The molecule has 26 heavy (non-hydrogen) atoms. The summed E-state index contributed by atoms with van der Waals surface area (Å²) in [6.45, 7) is 0. The molecule has 4 heteroatoms. The van der Waals surface area contributed by atoms with Gasteiger partial charge in [0.1, 0.15) is 11.5 Å². The lowest BCUT2D eigenvalue weighted by molar-refractivity contribution is 0.477. The van der Waals surface area contributed by atoms with Crippen molar-refractivity contribution in [1.29, 1.82) is 0 Å². The van der Waals surface area contributed by atoms with Crippen LogP contribution in [0.5, 0.6) is 11.5 Å². The molecule has 0 heterocycles. The second-order valence-electron chi connectivity index (χ2n) is 6.20. The fourth-order valence-corrected chi connectivity index (χ4v) is 4.23. The van der Waals surface area contributed by atoms with Crippen molar-refractivity contribution in [1.82, 2.24) is 0 Å². The zero-order valence-corrected chi connectivity index (χ0v) is 15.4. The summed E-state index contributed by atoms with van der Waals surface area (Å²) in [6, 6.07) is 26.7. The summed E-state index contributed by atoms with van der Waals surface area (Å²) in [4.78, 5) is 0. The molecule has 3 aromatic rings. The first-order valence-electron chi connectivity index (χ1n) is 8.67. The Balaban J connectivity index is 1.64. The molecule has 0 saturated heterocycles. The Bertz CT molecular complexity index is 920. The van der Waals surface area contributed by atoms with Crippen LogP contribution >= 0.6 is 0 Å². The van der Waals surface area contributed by atoms with E-state index < -0.39 is 9.84 Å². The SMILES string of the molecule is O=S(=O)(CCCc1ccccc1)Cc1ccccc1Oc1ccccc1. The van der Waals surface area contributed by atoms with E-state index in [1.165, 1.54) is 0 Å². The summed E-state index contributed by atoms with van der Waals surface area (Å²) >= 11 is 0. The van der Waals surface area contributed by atoms with Gasteiger partial charge in [0.15, 0.2) is 9.84 Å². The summed E-state index contributed by atoms with van der Waals surface area (Å²) < 4.78 is 30.9. The van der Waals surface area contributed by atoms with Crippen molar-refractivity contribution in [3.63, 3.8) is 0 Å². The Labute approximate surface area is 155 Å². The summed E-state index contributed by atoms with van der Waals surface area (Å²) in [5, 5.41) is 0. The van der Waals surface area contributed by atoms with Gasteiger partial charge in [-0.3, -0.25) is 0 Å². The first-order chi connectivity index (χ1) is 12.6. The average Bonchev–Trinajstić information content (AvgIpc) is 2.65. The molecular formula is C22H22O3S. The van der Waals surface area contributed by atoms with Crippen LogP contribution in [0.4, 0.5) is 0 Å². The highest BCUT2D eigenvalue weighted by Crippen LogP contribution is 2.26. The van der Waals surface area contributed by atoms with Gasteiger partial charge in [0, 0.05) is 5.56 Å². The van der Waals surface area contributed by atoms with Crippen LogP contribution in [0.1, 0.15) is 17.5 Å². The molecule has 134 valence electrons. The number of aryl methyl sites for hydroxylation is 1. The number of rotatable bonds is 8. The van der Waals surface area contributed by atoms with E-state index >= 15 is 0 Å². The average molecular weight is 366 g/mol. The maximum Gasteiger partial charge on any atom is 0.154 e. The van der Waals surface area contributed by atoms with E-state index in [1.807, 2.05) is 84.9 Å². The number of benzene rings is 3. The van der Waals surface area contributed by atoms with Gasteiger partial charge < -0.3 is 4.74 Å². The molecule has 0 amide bonds. The van der Waals surface area contributed by atoms with Crippen LogP contribution in [0.3, 0.4) is 0 Å². The summed E-state index contributed by atoms with van der Waals surface area (Å²) in [5.41, 5.74) is 1.85. The number of ether oxygens (including phenoxy) is 1. The predicted molar refractivity (Wildman–Crippen MR) is 105 cm³/mol. The van der Waals surface area contributed by atoms with Gasteiger partial charge in [-0.1, -0.05) is 66.7 Å². The molecular weight excluding hydrogens is 344 g/mol. The highest BCUT2D eigenvalue weighted by Gasteiger charge is 2.15. The van der Waals surface area contributed by atoms with Gasteiger partial charge in [0.25, 0.3) is 0 Å². The first-order valence-corrected chi connectivity index (χ1v) is 10.5. The maximum atomic E-state index is 12.5. The van der Waals surface area contributed by atoms with Gasteiger partial charge in [0.05, 0.1) is 11.5 Å². The van der Waals surface area contributed by atoms with E-state index in [0.29, 0.717) is 23.5 Å². The minimum absolute atomic E-state index is 0.00913. The molecule has 0 aromatic heterocycles. The quantitative estimate of drug-likeness (QED) is 0.562. The topological polar surface area (TPSA) is 43.4 Å². The molecule has 0 unspecified atom stereocenters. The maximum absolute atomic E-state index is 12.5. The van der Waals surface area contributed by atoms with Gasteiger partial charge >= 0.3 is 0 Å². The largest absolute Gasteiger partial charge is 0.457 e. The summed E-state index contributed by atoms with van der Waals surface area (Å²) in [6.07, 6.45) is 1.39. The lowest BCUT2D eigenvalue weighted by Gasteiger charge is -2.11. The first kappa shape index (κ1) is 18.2. The molecule has 0 atom stereocenters. The van der Waals surface area contributed by atoms with E-state index in [-0.39, 0.29) is 11.5 Å². The third-order valence-electron chi connectivity index (χ3n) is 4.08. The lowest BCUT2D eigenvalue weighted by atomic mass is 10.1. The molecule has 0 aliphatic heterocycles. The van der Waals surface area contributed by atoms with Crippen LogP contribution in [-0.2, 0) is 22.0 Å². The van der Waals surface area contributed by atoms with Crippen molar-refractivity contribution in [2.24, 2.45) is 0 Å². The van der Waals surface area contributed by atoms with Crippen molar-refractivity contribution in [2.75, 3.05) is 5.75 Å². The van der Waals surface area contributed by atoms with Crippen LogP contribution in [-0.4, -0.2) is 14.2 Å². The highest BCUT2D eigenvalue weighted by atomic mass is 32.2. The molecule has 3 rings (SSSR count). The Hall–Kier alpha value is -2.59. The number of sulfone groups is 1. The molecule has 0 saturated carbocycles.